The molecule has 0 aromatic heterocycles. The van der Waals surface area contributed by atoms with Gasteiger partial charge in [-0.1, -0.05) is 27.7 Å². The monoisotopic (exact) mass is 211 g/mol. The summed E-state index contributed by atoms with van der Waals surface area (Å²) < 4.78 is 36.0. The van der Waals surface area contributed by atoms with E-state index in [0.29, 0.717) is 6.54 Å². The van der Waals surface area contributed by atoms with Gasteiger partial charge < -0.3 is 5.32 Å². The van der Waals surface area contributed by atoms with Crippen molar-refractivity contribution < 1.29 is 13.2 Å². The SMILES string of the molecule is CCNC(CCC(F)(F)F)C(C)(C)C. The molecule has 0 amide bonds. The highest BCUT2D eigenvalue weighted by Gasteiger charge is 2.31. The number of nitrogens with one attached hydrogen (secondary N) is 1. The second kappa shape index (κ2) is 5.01. The van der Waals surface area contributed by atoms with Crippen LogP contribution in [0.25, 0.3) is 0 Å². The molecule has 0 aliphatic rings. The lowest BCUT2D eigenvalue weighted by molar-refractivity contribution is -0.137. The van der Waals surface area contributed by atoms with E-state index in [1.165, 1.54) is 0 Å². The Kier molecular flexibility index (Phi) is 4.92. The lowest BCUT2D eigenvalue weighted by Crippen LogP contribution is -2.40. The van der Waals surface area contributed by atoms with Crippen LogP contribution in [-0.2, 0) is 0 Å². The van der Waals surface area contributed by atoms with Crippen LogP contribution in [0.15, 0.2) is 0 Å². The second-order valence-corrected chi connectivity index (χ2v) is 4.63. The van der Waals surface area contributed by atoms with E-state index >= 15 is 0 Å². The van der Waals surface area contributed by atoms with E-state index in [1.54, 1.807) is 0 Å². The lowest BCUT2D eigenvalue weighted by atomic mass is 9.84. The zero-order valence-electron chi connectivity index (χ0n) is 9.33. The van der Waals surface area contributed by atoms with E-state index in [1.807, 2.05) is 27.7 Å². The Labute approximate surface area is 84.1 Å². The molecule has 0 aromatic rings. The first kappa shape index (κ1) is 13.8. The quantitative estimate of drug-likeness (QED) is 0.752. The van der Waals surface area contributed by atoms with Gasteiger partial charge in [-0.05, 0) is 18.4 Å². The van der Waals surface area contributed by atoms with Crippen molar-refractivity contribution in [1.29, 1.82) is 0 Å². The van der Waals surface area contributed by atoms with Gasteiger partial charge in [0.15, 0.2) is 0 Å². The fourth-order valence-electron chi connectivity index (χ4n) is 1.40. The molecular formula is C10H20F3N. The Morgan fingerprint density at radius 3 is 1.93 bits per heavy atom. The van der Waals surface area contributed by atoms with Crippen molar-refractivity contribution in [2.45, 2.75) is 52.8 Å². The van der Waals surface area contributed by atoms with Gasteiger partial charge in [0.05, 0.1) is 0 Å². The Morgan fingerprint density at radius 1 is 1.14 bits per heavy atom. The van der Waals surface area contributed by atoms with Gasteiger partial charge >= 0.3 is 6.18 Å². The van der Waals surface area contributed by atoms with Crippen LogP contribution in [0.2, 0.25) is 0 Å². The molecule has 0 spiro atoms. The predicted octanol–water partition coefficient (Wildman–Crippen LogP) is 3.35. The zero-order valence-corrected chi connectivity index (χ0v) is 9.33. The molecule has 0 radical (unpaired) electrons. The van der Waals surface area contributed by atoms with Gasteiger partial charge in [-0.15, -0.1) is 0 Å². The van der Waals surface area contributed by atoms with E-state index in [2.05, 4.69) is 5.32 Å². The number of rotatable bonds is 4. The standard InChI is InChI=1S/C10H20F3N/c1-5-14-8(9(2,3)4)6-7-10(11,12)13/h8,14H,5-7H2,1-4H3. The highest BCUT2D eigenvalue weighted by atomic mass is 19.4. The van der Waals surface area contributed by atoms with Crippen LogP contribution >= 0.6 is 0 Å². The Balaban J connectivity index is 4.12. The van der Waals surface area contributed by atoms with E-state index < -0.39 is 12.6 Å². The molecule has 1 N–H and O–H groups in total. The topological polar surface area (TPSA) is 12.0 Å². The van der Waals surface area contributed by atoms with Crippen molar-refractivity contribution in [2.75, 3.05) is 6.54 Å². The molecule has 86 valence electrons. The molecule has 4 heteroatoms. The van der Waals surface area contributed by atoms with Gasteiger partial charge in [0.2, 0.25) is 0 Å². The molecule has 0 saturated heterocycles. The number of alkyl halides is 3. The van der Waals surface area contributed by atoms with E-state index in [9.17, 15) is 13.2 Å². The minimum absolute atomic E-state index is 0.0749. The molecule has 0 aliphatic heterocycles. The van der Waals surface area contributed by atoms with Crippen molar-refractivity contribution in [3.05, 3.63) is 0 Å². The summed E-state index contributed by atoms with van der Waals surface area (Å²) >= 11 is 0. The van der Waals surface area contributed by atoms with Crippen LogP contribution in [0.1, 0.15) is 40.5 Å². The second-order valence-electron chi connectivity index (χ2n) is 4.63. The van der Waals surface area contributed by atoms with Crippen molar-refractivity contribution >= 4 is 0 Å². The maximum Gasteiger partial charge on any atom is 0.389 e. The average molecular weight is 211 g/mol. The number of hydrogen-bond acceptors (Lipinski definition) is 1. The van der Waals surface area contributed by atoms with Gasteiger partial charge in [-0.2, -0.15) is 13.2 Å². The van der Waals surface area contributed by atoms with E-state index in [-0.39, 0.29) is 17.9 Å². The molecule has 14 heavy (non-hydrogen) atoms. The van der Waals surface area contributed by atoms with Crippen molar-refractivity contribution in [3.63, 3.8) is 0 Å². The van der Waals surface area contributed by atoms with Gasteiger partial charge in [0, 0.05) is 12.5 Å². The van der Waals surface area contributed by atoms with Crippen LogP contribution < -0.4 is 5.32 Å². The summed E-state index contributed by atoms with van der Waals surface area (Å²) in [5.41, 5.74) is -0.124. The summed E-state index contributed by atoms with van der Waals surface area (Å²) in [6.45, 7) is 8.48. The van der Waals surface area contributed by atoms with Crippen LogP contribution in [0.5, 0.6) is 0 Å². The first-order chi connectivity index (χ1) is 6.17. The molecule has 0 bridgehead atoms. The van der Waals surface area contributed by atoms with Crippen LogP contribution in [-0.4, -0.2) is 18.8 Å². The molecule has 0 aromatic carbocycles. The fraction of sp³-hybridized carbons (Fsp3) is 1.00. The lowest BCUT2D eigenvalue weighted by Gasteiger charge is -2.31. The number of hydrogen-bond donors (Lipinski definition) is 1. The molecule has 1 nitrogen and oxygen atoms in total. The van der Waals surface area contributed by atoms with Crippen LogP contribution in [0.4, 0.5) is 13.2 Å². The molecular weight excluding hydrogens is 191 g/mol. The third-order valence-electron chi connectivity index (χ3n) is 2.21. The summed E-state index contributed by atoms with van der Waals surface area (Å²) in [7, 11) is 0. The van der Waals surface area contributed by atoms with Crippen molar-refractivity contribution in [3.8, 4) is 0 Å². The fourth-order valence-corrected chi connectivity index (χ4v) is 1.40. The van der Waals surface area contributed by atoms with Crippen LogP contribution in [0, 0.1) is 5.41 Å². The first-order valence-corrected chi connectivity index (χ1v) is 4.97. The van der Waals surface area contributed by atoms with Gasteiger partial charge in [-0.25, -0.2) is 0 Å². The summed E-state index contributed by atoms with van der Waals surface area (Å²) in [5, 5.41) is 3.10. The maximum absolute atomic E-state index is 12.0. The highest BCUT2D eigenvalue weighted by molar-refractivity contribution is 4.80. The summed E-state index contributed by atoms with van der Waals surface area (Å²) in [6.07, 6.45) is -4.60. The maximum atomic E-state index is 12.0. The Morgan fingerprint density at radius 2 is 1.64 bits per heavy atom. The van der Waals surface area contributed by atoms with Gasteiger partial charge in [-0.3, -0.25) is 0 Å². The van der Waals surface area contributed by atoms with E-state index in [4.69, 9.17) is 0 Å². The summed E-state index contributed by atoms with van der Waals surface area (Å²) in [6, 6.07) is -0.0749. The molecule has 0 saturated carbocycles. The smallest absolute Gasteiger partial charge is 0.314 e. The minimum atomic E-state index is -4.04. The molecule has 0 fully saturated rings. The minimum Gasteiger partial charge on any atom is -0.314 e. The molecule has 0 heterocycles. The summed E-state index contributed by atoms with van der Waals surface area (Å²) in [5.74, 6) is 0. The Hall–Kier alpha value is -0.250. The third-order valence-corrected chi connectivity index (χ3v) is 2.21. The molecule has 1 unspecified atom stereocenters. The predicted molar refractivity (Wildman–Crippen MR) is 52.2 cm³/mol. The molecule has 0 aliphatic carbocycles. The van der Waals surface area contributed by atoms with Crippen molar-refractivity contribution in [2.24, 2.45) is 5.41 Å². The summed E-state index contributed by atoms with van der Waals surface area (Å²) in [4.78, 5) is 0. The first-order valence-electron chi connectivity index (χ1n) is 4.97. The normalized spacial score (nSPS) is 15.6. The molecule has 0 rings (SSSR count). The largest absolute Gasteiger partial charge is 0.389 e. The van der Waals surface area contributed by atoms with Gasteiger partial charge in [0.25, 0.3) is 0 Å². The van der Waals surface area contributed by atoms with Gasteiger partial charge in [0.1, 0.15) is 0 Å². The highest BCUT2D eigenvalue weighted by Crippen LogP contribution is 2.28. The average Bonchev–Trinajstić information content (AvgIpc) is 1.93. The number of halogens is 3. The zero-order chi connectivity index (χ0) is 11.4. The molecule has 1 atom stereocenters. The van der Waals surface area contributed by atoms with E-state index in [0.717, 1.165) is 0 Å². The third kappa shape index (κ3) is 6.24. The van der Waals surface area contributed by atoms with Crippen molar-refractivity contribution in [1.82, 2.24) is 5.32 Å². The van der Waals surface area contributed by atoms with Crippen LogP contribution in [0.3, 0.4) is 0 Å². The Bertz CT molecular complexity index is 158.